The minimum atomic E-state index is -0.537. The lowest BCUT2D eigenvalue weighted by atomic mass is 10.1. The molecule has 3 rings (SSSR count). The van der Waals surface area contributed by atoms with Crippen LogP contribution in [0.4, 0.5) is 4.39 Å². The molecule has 122 valence electrons. The summed E-state index contributed by atoms with van der Waals surface area (Å²) in [4.78, 5) is 5.35. The van der Waals surface area contributed by atoms with Crippen molar-refractivity contribution in [2.45, 2.75) is 32.4 Å². The van der Waals surface area contributed by atoms with E-state index in [-0.39, 0.29) is 16.9 Å². The van der Waals surface area contributed by atoms with E-state index in [1.807, 2.05) is 6.92 Å². The lowest BCUT2D eigenvalue weighted by Crippen LogP contribution is -2.16. The SMILES string of the molecule is CCC1=NO[C@@H](Cn2cc(-c3cc(F)c(OC)c(Cl)c3)nn2)C1. The first-order valence-corrected chi connectivity index (χ1v) is 7.63. The molecule has 0 amide bonds. The fourth-order valence-corrected chi connectivity index (χ4v) is 2.71. The molecule has 0 fully saturated rings. The average Bonchev–Trinajstić information content (AvgIpc) is 3.16. The summed E-state index contributed by atoms with van der Waals surface area (Å²) in [5.74, 6) is -0.518. The Labute approximate surface area is 137 Å². The van der Waals surface area contributed by atoms with E-state index >= 15 is 0 Å². The van der Waals surface area contributed by atoms with Crippen LogP contribution in [0.25, 0.3) is 11.3 Å². The summed E-state index contributed by atoms with van der Waals surface area (Å²) in [6.45, 7) is 2.58. The van der Waals surface area contributed by atoms with Crippen LogP contribution in [0, 0.1) is 5.82 Å². The van der Waals surface area contributed by atoms with Gasteiger partial charge in [-0.3, -0.25) is 0 Å². The fourth-order valence-electron chi connectivity index (χ4n) is 2.42. The molecule has 8 heteroatoms. The molecule has 6 nitrogen and oxygen atoms in total. The molecule has 0 aliphatic carbocycles. The second-order valence-corrected chi connectivity index (χ2v) is 5.65. The Kier molecular flexibility index (Phi) is 4.47. The van der Waals surface area contributed by atoms with Crippen LogP contribution < -0.4 is 4.74 Å². The van der Waals surface area contributed by atoms with Gasteiger partial charge in [0.1, 0.15) is 5.69 Å². The zero-order valence-electron chi connectivity index (χ0n) is 12.8. The van der Waals surface area contributed by atoms with Crippen LogP contribution in [0.15, 0.2) is 23.5 Å². The molecule has 1 atom stereocenters. The van der Waals surface area contributed by atoms with E-state index in [1.54, 1.807) is 16.9 Å². The molecule has 0 N–H and O–H groups in total. The number of hydrogen-bond acceptors (Lipinski definition) is 5. The average molecular weight is 339 g/mol. The number of benzene rings is 1. The third-order valence-corrected chi connectivity index (χ3v) is 3.91. The monoisotopic (exact) mass is 338 g/mol. The highest BCUT2D eigenvalue weighted by Crippen LogP contribution is 2.32. The fraction of sp³-hybridized carbons (Fsp3) is 0.400. The van der Waals surface area contributed by atoms with Crippen molar-refractivity contribution in [1.29, 1.82) is 0 Å². The summed E-state index contributed by atoms with van der Waals surface area (Å²) in [7, 11) is 1.37. The Balaban J connectivity index is 1.75. The highest BCUT2D eigenvalue weighted by atomic mass is 35.5. The van der Waals surface area contributed by atoms with Crippen molar-refractivity contribution in [2.75, 3.05) is 7.11 Å². The van der Waals surface area contributed by atoms with Gasteiger partial charge in [-0.25, -0.2) is 9.07 Å². The molecule has 0 saturated heterocycles. The molecule has 0 radical (unpaired) electrons. The summed E-state index contributed by atoms with van der Waals surface area (Å²) in [5, 5.41) is 12.3. The predicted octanol–water partition coefficient (Wildman–Crippen LogP) is 3.30. The molecule has 0 spiro atoms. The summed E-state index contributed by atoms with van der Waals surface area (Å²) < 4.78 is 20.5. The Morgan fingerprint density at radius 3 is 2.96 bits per heavy atom. The third kappa shape index (κ3) is 3.29. The number of oxime groups is 1. The molecule has 1 aromatic heterocycles. The Hall–Kier alpha value is -2.15. The van der Waals surface area contributed by atoms with Crippen molar-refractivity contribution in [3.63, 3.8) is 0 Å². The van der Waals surface area contributed by atoms with Crippen LogP contribution in [0.1, 0.15) is 19.8 Å². The van der Waals surface area contributed by atoms with Crippen LogP contribution in [0.2, 0.25) is 5.02 Å². The smallest absolute Gasteiger partial charge is 0.173 e. The van der Waals surface area contributed by atoms with Crippen molar-refractivity contribution in [1.82, 2.24) is 15.0 Å². The van der Waals surface area contributed by atoms with Crippen LogP contribution in [-0.2, 0) is 11.4 Å². The number of halogens is 2. The van der Waals surface area contributed by atoms with Crippen molar-refractivity contribution in [3.8, 4) is 17.0 Å². The Morgan fingerprint density at radius 2 is 2.30 bits per heavy atom. The van der Waals surface area contributed by atoms with Gasteiger partial charge < -0.3 is 9.57 Å². The first-order valence-electron chi connectivity index (χ1n) is 7.25. The van der Waals surface area contributed by atoms with Gasteiger partial charge in [0.2, 0.25) is 0 Å². The van der Waals surface area contributed by atoms with E-state index < -0.39 is 5.82 Å². The maximum Gasteiger partial charge on any atom is 0.173 e. The van der Waals surface area contributed by atoms with Crippen molar-refractivity contribution in [3.05, 3.63) is 29.2 Å². The minimum absolute atomic E-state index is 0.0198. The Morgan fingerprint density at radius 1 is 1.48 bits per heavy atom. The second kappa shape index (κ2) is 6.54. The van der Waals surface area contributed by atoms with Gasteiger partial charge >= 0.3 is 0 Å². The largest absolute Gasteiger partial charge is 0.492 e. The number of aromatic nitrogens is 3. The van der Waals surface area contributed by atoms with Gasteiger partial charge in [0.05, 0.1) is 30.6 Å². The first kappa shape index (κ1) is 15.7. The van der Waals surface area contributed by atoms with Crippen LogP contribution in [-0.4, -0.2) is 33.9 Å². The molecule has 1 aromatic carbocycles. The highest BCUT2D eigenvalue weighted by molar-refractivity contribution is 6.32. The van der Waals surface area contributed by atoms with Crippen LogP contribution in [0.5, 0.6) is 5.75 Å². The molecule has 0 bridgehead atoms. The molecule has 23 heavy (non-hydrogen) atoms. The second-order valence-electron chi connectivity index (χ2n) is 5.24. The third-order valence-electron chi connectivity index (χ3n) is 3.63. The van der Waals surface area contributed by atoms with Gasteiger partial charge in [-0.2, -0.15) is 0 Å². The zero-order chi connectivity index (χ0) is 16.4. The molecule has 0 unspecified atom stereocenters. The lowest BCUT2D eigenvalue weighted by Gasteiger charge is -2.07. The van der Waals surface area contributed by atoms with Crippen molar-refractivity contribution in [2.24, 2.45) is 5.16 Å². The molecule has 2 aromatic rings. The summed E-state index contributed by atoms with van der Waals surface area (Å²) in [6.07, 6.45) is 3.35. The maximum absolute atomic E-state index is 13.9. The molecular formula is C15H16ClFN4O2. The summed E-state index contributed by atoms with van der Waals surface area (Å²) >= 11 is 6.01. The molecule has 1 aliphatic rings. The lowest BCUT2D eigenvalue weighted by molar-refractivity contribution is 0.0693. The van der Waals surface area contributed by atoms with Crippen LogP contribution >= 0.6 is 11.6 Å². The molecular weight excluding hydrogens is 323 g/mol. The topological polar surface area (TPSA) is 61.5 Å². The van der Waals surface area contributed by atoms with E-state index in [4.69, 9.17) is 21.2 Å². The van der Waals surface area contributed by atoms with E-state index in [0.29, 0.717) is 17.8 Å². The van der Waals surface area contributed by atoms with E-state index in [2.05, 4.69) is 15.5 Å². The number of nitrogens with zero attached hydrogens (tertiary/aromatic N) is 4. The number of ether oxygens (including phenoxy) is 1. The summed E-state index contributed by atoms with van der Waals surface area (Å²) in [5.41, 5.74) is 2.11. The molecule has 2 heterocycles. The minimum Gasteiger partial charge on any atom is -0.492 e. The van der Waals surface area contributed by atoms with E-state index in [1.165, 1.54) is 13.2 Å². The summed E-state index contributed by atoms with van der Waals surface area (Å²) in [6, 6.07) is 2.92. The zero-order valence-corrected chi connectivity index (χ0v) is 13.5. The Bertz CT molecular complexity index is 724. The molecule has 0 saturated carbocycles. The first-order chi connectivity index (χ1) is 11.1. The van der Waals surface area contributed by atoms with Crippen LogP contribution in [0.3, 0.4) is 0 Å². The van der Waals surface area contributed by atoms with Gasteiger partial charge in [-0.1, -0.05) is 28.9 Å². The van der Waals surface area contributed by atoms with Gasteiger partial charge in [0.25, 0.3) is 0 Å². The quantitative estimate of drug-likeness (QED) is 0.839. The van der Waals surface area contributed by atoms with E-state index in [9.17, 15) is 4.39 Å². The van der Waals surface area contributed by atoms with E-state index in [0.717, 1.165) is 18.6 Å². The number of rotatable bonds is 5. The van der Waals surface area contributed by atoms with Gasteiger partial charge in [-0.15, -0.1) is 5.10 Å². The van der Waals surface area contributed by atoms with Gasteiger partial charge in [0.15, 0.2) is 17.7 Å². The van der Waals surface area contributed by atoms with Gasteiger partial charge in [-0.05, 0) is 18.6 Å². The highest BCUT2D eigenvalue weighted by Gasteiger charge is 2.21. The normalized spacial score (nSPS) is 17.0. The van der Waals surface area contributed by atoms with Crippen molar-refractivity contribution < 1.29 is 14.0 Å². The number of methoxy groups -OCH3 is 1. The standard InChI is InChI=1S/C15H16ClFN4O2/c1-3-10-6-11(23-19-10)7-21-8-14(18-20-21)9-4-12(16)15(22-2)13(17)5-9/h4-5,8,11H,3,6-7H2,1-2H3/t11-/m1/s1. The predicted molar refractivity (Wildman–Crippen MR) is 84.2 cm³/mol. The van der Waals surface area contributed by atoms with Crippen molar-refractivity contribution >= 4 is 17.3 Å². The maximum atomic E-state index is 13.9. The number of hydrogen-bond donors (Lipinski definition) is 0. The molecule has 1 aliphatic heterocycles. The van der Waals surface area contributed by atoms with Gasteiger partial charge in [0, 0.05) is 12.0 Å².